The van der Waals surface area contributed by atoms with Gasteiger partial charge < -0.3 is 22.7 Å². The normalized spacial score (nSPS) is 14.1. The van der Waals surface area contributed by atoms with Gasteiger partial charge in [0.2, 0.25) is 0 Å². The maximum Gasteiger partial charge on any atom is 2.00 e. The Balaban J connectivity index is 0. The Morgan fingerprint density at radius 1 is 1.27 bits per heavy atom. The van der Waals surface area contributed by atoms with E-state index in [0.29, 0.717) is 22.5 Å². The van der Waals surface area contributed by atoms with Gasteiger partial charge in [0.15, 0.2) is 0 Å². The van der Waals surface area contributed by atoms with Crippen molar-refractivity contribution in [3.8, 4) is 11.3 Å². The van der Waals surface area contributed by atoms with Crippen LogP contribution >= 0.6 is 0 Å². The first kappa shape index (κ1) is 29.8. The molecule has 1 heterocycles. The molecular formula is C22H30CaFN3O5S. The van der Waals surface area contributed by atoms with Gasteiger partial charge in [-0.15, -0.1) is 0 Å². The first-order valence-electron chi connectivity index (χ1n) is 10.0. The van der Waals surface area contributed by atoms with E-state index in [2.05, 4.69) is 9.97 Å². The summed E-state index contributed by atoms with van der Waals surface area (Å²) in [5, 5.41) is 28.8. The molecule has 0 radical (unpaired) electrons. The number of benzene rings is 1. The first-order valence-corrected chi connectivity index (χ1v) is 11.5. The topological polar surface area (TPSA) is 130 Å². The number of anilines is 1. The van der Waals surface area contributed by atoms with Gasteiger partial charge in [-0.25, -0.2) is 14.4 Å². The Kier molecular flexibility index (Phi) is 12.2. The van der Waals surface area contributed by atoms with Gasteiger partial charge >= 0.3 is 43.7 Å². The Hall–Kier alpha value is -1.27. The molecule has 0 aliphatic rings. The van der Waals surface area contributed by atoms with Gasteiger partial charge in [0.05, 0.1) is 48.4 Å². The maximum atomic E-state index is 13.5. The maximum absolute atomic E-state index is 13.5. The van der Waals surface area contributed by atoms with Crippen LogP contribution in [0.5, 0.6) is 0 Å². The second kappa shape index (κ2) is 13.6. The fraction of sp³-hybridized carbons (Fsp3) is 0.409. The third kappa shape index (κ3) is 8.79. The number of hydrogen-bond donors (Lipinski definition) is 3. The van der Waals surface area contributed by atoms with Crippen molar-refractivity contribution in [2.75, 3.05) is 17.6 Å². The summed E-state index contributed by atoms with van der Waals surface area (Å²) in [6, 6.07) is 5.74. The van der Waals surface area contributed by atoms with Gasteiger partial charge in [-0.05, 0) is 30.2 Å². The van der Waals surface area contributed by atoms with E-state index in [1.807, 2.05) is 13.8 Å². The number of nitrogens with zero attached hydrogens (tertiary/aromatic N) is 3. The van der Waals surface area contributed by atoms with E-state index in [9.17, 15) is 24.0 Å². The summed E-state index contributed by atoms with van der Waals surface area (Å²) in [4.78, 5) is 19.8. The zero-order valence-electron chi connectivity index (χ0n) is 21.1. The van der Waals surface area contributed by atoms with Gasteiger partial charge in [-0.3, -0.25) is 4.79 Å². The number of aliphatic hydroxyl groups excluding tert-OH is 2. The minimum absolute atomic E-state index is 0. The molecular weight excluding hydrogens is 477 g/mol. The first-order chi connectivity index (χ1) is 15.0. The van der Waals surface area contributed by atoms with Crippen LogP contribution in [0.15, 0.2) is 30.3 Å². The molecule has 0 aliphatic carbocycles. The van der Waals surface area contributed by atoms with Crippen molar-refractivity contribution in [2.45, 2.75) is 44.8 Å². The van der Waals surface area contributed by atoms with Crippen molar-refractivity contribution in [1.29, 1.82) is 0 Å². The Morgan fingerprint density at radius 3 is 2.39 bits per heavy atom. The van der Waals surface area contributed by atoms with Gasteiger partial charge in [0, 0.05) is 17.5 Å². The Labute approximate surface area is 228 Å². The fourth-order valence-electron chi connectivity index (χ4n) is 3.01. The molecule has 8 nitrogen and oxygen atoms in total. The van der Waals surface area contributed by atoms with Crippen molar-refractivity contribution in [3.63, 3.8) is 0 Å². The van der Waals surface area contributed by atoms with Crippen LogP contribution in [-0.2, 0) is 16.2 Å². The minimum Gasteiger partial charge on any atom is -1.00 e. The number of carboxylic acids is 1. The van der Waals surface area contributed by atoms with Crippen LogP contribution in [0.3, 0.4) is 0 Å². The van der Waals surface area contributed by atoms with Gasteiger partial charge in [0.25, 0.3) is 5.95 Å². The number of aliphatic carboxylic acids is 1. The molecule has 0 spiro atoms. The quantitative estimate of drug-likeness (QED) is 0.331. The number of aromatic nitrogens is 2. The molecule has 11 heteroatoms. The van der Waals surface area contributed by atoms with Crippen LogP contribution in [-0.4, -0.2) is 99.1 Å². The predicted octanol–water partition coefficient (Wildman–Crippen LogP) is 2.58. The molecule has 3 atom stereocenters. The summed E-state index contributed by atoms with van der Waals surface area (Å²) >= 11 is -1.37. The summed E-state index contributed by atoms with van der Waals surface area (Å²) in [5.74, 6) is -1.39. The molecule has 1 unspecified atom stereocenters. The van der Waals surface area contributed by atoms with E-state index in [1.165, 1.54) is 28.8 Å². The van der Waals surface area contributed by atoms with Crippen LogP contribution in [0.25, 0.3) is 17.3 Å². The summed E-state index contributed by atoms with van der Waals surface area (Å²) in [7, 11) is 1.60. The van der Waals surface area contributed by atoms with Crippen LogP contribution in [0.2, 0.25) is 0 Å². The average molecular weight is 508 g/mol. The summed E-state index contributed by atoms with van der Waals surface area (Å²) in [6.07, 6.45) is 1.63. The molecule has 0 bridgehead atoms. The predicted molar refractivity (Wildman–Crippen MR) is 130 cm³/mol. The van der Waals surface area contributed by atoms with Gasteiger partial charge in [-0.2, -0.15) is 4.31 Å². The number of carboxylic acid groups (broad SMARTS) is 1. The molecule has 0 fully saturated rings. The molecule has 178 valence electrons. The molecule has 0 amide bonds. The van der Waals surface area contributed by atoms with Crippen molar-refractivity contribution in [2.24, 2.45) is 0 Å². The van der Waals surface area contributed by atoms with Crippen LogP contribution < -0.4 is 4.31 Å². The number of rotatable bonds is 10. The zero-order chi connectivity index (χ0) is 24.0. The van der Waals surface area contributed by atoms with Crippen LogP contribution in [0.1, 0.15) is 46.7 Å². The summed E-state index contributed by atoms with van der Waals surface area (Å²) < 4.78 is 26.9. The second-order valence-electron chi connectivity index (χ2n) is 7.67. The third-order valence-electron chi connectivity index (χ3n) is 4.70. The van der Waals surface area contributed by atoms with Crippen LogP contribution in [0, 0.1) is 5.82 Å². The minimum atomic E-state index is -1.37. The number of carbonyl (C=O) groups is 1. The number of halogens is 1. The molecule has 3 N–H and O–H groups in total. The standard InChI is InChI=1S/C22H28FN3O5S.Ca.2H/c1-13(2)20-18(10-9-16(27)11-17(28)12-19(29)30)21(14-5-7-15(23)8-6-14)25-22(24-20)26(3)32(4)31;;;/h5-10,13,16-17,27-28H,11-12H2,1-4H3,(H,29,30);;;/q;+2;2*-1/t16-,17-,32?;;;/m1.../s1. The van der Waals surface area contributed by atoms with Gasteiger partial charge in [0.1, 0.15) is 12.1 Å². The smallest absolute Gasteiger partial charge is 1.00 e. The number of hydrogen-bond acceptors (Lipinski definition) is 7. The van der Waals surface area contributed by atoms with Crippen molar-refractivity contribution < 1.29 is 31.9 Å². The van der Waals surface area contributed by atoms with Crippen molar-refractivity contribution >= 4 is 67.1 Å². The van der Waals surface area contributed by atoms with Crippen molar-refractivity contribution in [3.05, 3.63) is 47.4 Å². The fourth-order valence-corrected chi connectivity index (χ4v) is 3.32. The molecule has 0 saturated carbocycles. The van der Waals surface area contributed by atoms with E-state index in [1.54, 1.807) is 25.3 Å². The summed E-state index contributed by atoms with van der Waals surface area (Å²) in [5.41, 5.74) is 2.27. The largest absolute Gasteiger partial charge is 2.00 e. The molecule has 1 aromatic heterocycles. The van der Waals surface area contributed by atoms with E-state index in [4.69, 9.17) is 5.11 Å². The summed E-state index contributed by atoms with van der Waals surface area (Å²) in [6.45, 7) is 3.85. The van der Waals surface area contributed by atoms with E-state index < -0.39 is 41.8 Å². The SMILES string of the molecule is CC(C)c1nc(N(C)[S+](C)[O-])nc(-c2ccc(F)cc2)c1C=C[C@@H](O)C[C@@H](O)CC(=O)O.[Ca+2].[H-].[H-]. The monoisotopic (exact) mass is 507 g/mol. The van der Waals surface area contributed by atoms with Gasteiger partial charge in [-0.1, -0.05) is 26.0 Å². The molecule has 2 rings (SSSR count). The van der Waals surface area contributed by atoms with E-state index in [-0.39, 0.29) is 58.9 Å². The third-order valence-corrected chi connectivity index (χ3v) is 5.64. The second-order valence-corrected chi connectivity index (χ2v) is 9.06. The Bertz CT molecular complexity index is 971. The Morgan fingerprint density at radius 2 is 1.88 bits per heavy atom. The molecule has 33 heavy (non-hydrogen) atoms. The molecule has 0 aliphatic heterocycles. The molecule has 0 saturated heterocycles. The van der Waals surface area contributed by atoms with E-state index in [0.717, 1.165) is 0 Å². The van der Waals surface area contributed by atoms with E-state index >= 15 is 0 Å². The molecule has 1 aromatic carbocycles. The van der Waals surface area contributed by atoms with Crippen molar-refractivity contribution in [1.82, 2.24) is 9.97 Å². The zero-order valence-corrected chi connectivity index (χ0v) is 22.1. The number of aliphatic hydroxyl groups is 2. The molecule has 2 aromatic rings. The van der Waals surface area contributed by atoms with Crippen LogP contribution in [0.4, 0.5) is 10.3 Å². The average Bonchev–Trinajstić information content (AvgIpc) is 2.70.